The molecular weight excluding hydrogens is 530 g/mol. The van der Waals surface area contributed by atoms with Gasteiger partial charge in [0.15, 0.2) is 0 Å². The number of likely N-dealkylation sites (tertiary alicyclic amines) is 1. The number of nitrogens with zero attached hydrogens (tertiary/aromatic N) is 4. The zero-order valence-electron chi connectivity index (χ0n) is 24.5. The van der Waals surface area contributed by atoms with Gasteiger partial charge in [-0.05, 0) is 87.6 Å². The topological polar surface area (TPSA) is 110 Å². The van der Waals surface area contributed by atoms with Crippen LogP contribution >= 0.6 is 0 Å². The summed E-state index contributed by atoms with van der Waals surface area (Å²) in [4.78, 5) is 53.4. The second-order valence-corrected chi connectivity index (χ2v) is 12.2. The third-order valence-electron chi connectivity index (χ3n) is 8.97. The Morgan fingerprint density at radius 1 is 1.07 bits per heavy atom. The number of aromatic nitrogens is 2. The summed E-state index contributed by atoms with van der Waals surface area (Å²) < 4.78 is 0. The van der Waals surface area contributed by atoms with E-state index < -0.39 is 6.10 Å². The number of rotatable bonds is 8. The third kappa shape index (κ3) is 6.07. The lowest BCUT2D eigenvalue weighted by Gasteiger charge is -2.33. The highest BCUT2D eigenvalue weighted by atomic mass is 16.3. The molecule has 2 N–H and O–H groups in total. The molecular formula is C33H41N5O4. The molecule has 1 unspecified atom stereocenters. The van der Waals surface area contributed by atoms with E-state index in [-0.39, 0.29) is 29.5 Å². The lowest BCUT2D eigenvalue weighted by Crippen LogP contribution is -2.41. The molecule has 42 heavy (non-hydrogen) atoms. The van der Waals surface area contributed by atoms with E-state index in [0.29, 0.717) is 32.5 Å². The van der Waals surface area contributed by atoms with Crippen LogP contribution in [0, 0.1) is 6.92 Å². The number of amides is 2. The number of fused-ring (bicyclic) bond motifs is 2. The molecule has 0 bridgehead atoms. The summed E-state index contributed by atoms with van der Waals surface area (Å²) in [6, 6.07) is 10.1. The van der Waals surface area contributed by atoms with Crippen LogP contribution in [0.25, 0.3) is 10.9 Å². The number of piperidine rings is 1. The summed E-state index contributed by atoms with van der Waals surface area (Å²) in [6.45, 7) is 5.35. The quantitative estimate of drug-likeness (QED) is 0.427. The first kappa shape index (κ1) is 28.4. The van der Waals surface area contributed by atoms with Crippen molar-refractivity contribution in [1.29, 1.82) is 0 Å². The number of anilines is 1. The highest BCUT2D eigenvalue weighted by Gasteiger charge is 2.27. The monoisotopic (exact) mass is 571 g/mol. The molecule has 9 heteroatoms. The van der Waals surface area contributed by atoms with Gasteiger partial charge in [0, 0.05) is 62.3 Å². The molecule has 0 spiro atoms. The van der Waals surface area contributed by atoms with Crippen molar-refractivity contribution >= 4 is 28.5 Å². The van der Waals surface area contributed by atoms with Crippen molar-refractivity contribution in [1.82, 2.24) is 19.8 Å². The molecule has 6 rings (SSSR count). The highest BCUT2D eigenvalue weighted by molar-refractivity contribution is 5.94. The van der Waals surface area contributed by atoms with Gasteiger partial charge in [0.1, 0.15) is 11.4 Å². The summed E-state index contributed by atoms with van der Waals surface area (Å²) >= 11 is 0. The second-order valence-electron chi connectivity index (χ2n) is 12.2. The molecule has 222 valence electrons. The largest absolute Gasteiger partial charge is 0.391 e. The first-order chi connectivity index (χ1) is 20.4. The molecule has 2 aliphatic heterocycles. The predicted molar refractivity (Wildman–Crippen MR) is 163 cm³/mol. The van der Waals surface area contributed by atoms with Gasteiger partial charge in [-0.25, -0.2) is 4.98 Å². The van der Waals surface area contributed by atoms with Crippen molar-refractivity contribution in [3.05, 3.63) is 68.6 Å². The molecule has 1 aliphatic carbocycles. The van der Waals surface area contributed by atoms with Crippen LogP contribution in [0.5, 0.6) is 0 Å². The molecule has 0 saturated carbocycles. The number of hydrogen-bond acceptors (Lipinski definition) is 6. The number of aromatic amines is 1. The molecule has 1 aromatic carbocycles. The Morgan fingerprint density at radius 3 is 2.74 bits per heavy atom. The maximum Gasteiger partial charge on any atom is 0.261 e. The second kappa shape index (κ2) is 12.3. The van der Waals surface area contributed by atoms with E-state index in [1.54, 1.807) is 11.0 Å². The number of aliphatic hydroxyl groups is 1. The maximum atomic E-state index is 14.1. The lowest BCUT2D eigenvalue weighted by molar-refractivity contribution is -0.127. The van der Waals surface area contributed by atoms with Crippen LogP contribution in [0.4, 0.5) is 5.82 Å². The Bertz CT molecular complexity index is 1550. The van der Waals surface area contributed by atoms with E-state index in [1.165, 1.54) is 0 Å². The van der Waals surface area contributed by atoms with Crippen LogP contribution in [0.1, 0.15) is 77.7 Å². The number of aliphatic hydroxyl groups excluding tert-OH is 1. The van der Waals surface area contributed by atoms with Crippen molar-refractivity contribution in [3.63, 3.8) is 0 Å². The van der Waals surface area contributed by atoms with Crippen LogP contribution in [0.15, 0.2) is 35.1 Å². The highest BCUT2D eigenvalue weighted by Crippen LogP contribution is 2.29. The van der Waals surface area contributed by atoms with Crippen molar-refractivity contribution in [2.45, 2.75) is 77.4 Å². The van der Waals surface area contributed by atoms with E-state index in [2.05, 4.69) is 34.1 Å². The molecule has 3 aliphatic rings. The van der Waals surface area contributed by atoms with Crippen molar-refractivity contribution < 1.29 is 14.7 Å². The van der Waals surface area contributed by atoms with Gasteiger partial charge in [0.25, 0.3) is 11.5 Å². The summed E-state index contributed by atoms with van der Waals surface area (Å²) in [5.74, 6) is 0.642. The van der Waals surface area contributed by atoms with Crippen molar-refractivity contribution in [3.8, 4) is 0 Å². The Morgan fingerprint density at radius 2 is 1.93 bits per heavy atom. The summed E-state index contributed by atoms with van der Waals surface area (Å²) in [7, 11) is 0. The third-order valence-corrected chi connectivity index (χ3v) is 8.97. The van der Waals surface area contributed by atoms with E-state index in [1.807, 2.05) is 11.8 Å². The minimum atomic E-state index is -0.425. The van der Waals surface area contributed by atoms with Crippen LogP contribution in [-0.4, -0.2) is 75.5 Å². The first-order valence-electron chi connectivity index (χ1n) is 15.5. The number of carbonyl (C=O) groups is 2. The molecule has 1 atom stereocenters. The van der Waals surface area contributed by atoms with E-state index >= 15 is 0 Å². The summed E-state index contributed by atoms with van der Waals surface area (Å²) in [6.07, 6.45) is 7.07. The van der Waals surface area contributed by atoms with Crippen molar-refractivity contribution in [2.75, 3.05) is 37.6 Å². The SMILES string of the molecule is Cc1ccc2cc(CN(CCCN3CCCC3=O)C(=O)c3cc4c([nH]c3=O)CCCC4)c(N3CCCC(O)C3)nc2c1. The number of hydrogen-bond donors (Lipinski definition) is 2. The number of carbonyl (C=O) groups excluding carboxylic acids is 2. The molecule has 3 aromatic rings. The van der Waals surface area contributed by atoms with Gasteiger partial charge in [-0.15, -0.1) is 0 Å². The molecule has 0 radical (unpaired) electrons. The average molecular weight is 572 g/mol. The van der Waals surface area contributed by atoms with Crippen LogP contribution in [-0.2, 0) is 24.2 Å². The first-order valence-corrected chi connectivity index (χ1v) is 15.5. The number of β-amino-alcohol motifs (C(OH)–C–C–N with tert-alkyl or cyclic N) is 1. The number of benzene rings is 1. The fourth-order valence-electron chi connectivity index (χ4n) is 6.70. The zero-order chi connectivity index (χ0) is 29.2. The molecule has 4 heterocycles. The average Bonchev–Trinajstić information content (AvgIpc) is 3.39. The maximum absolute atomic E-state index is 14.1. The van der Waals surface area contributed by atoms with Gasteiger partial charge < -0.3 is 24.8 Å². The van der Waals surface area contributed by atoms with Gasteiger partial charge >= 0.3 is 0 Å². The molecule has 9 nitrogen and oxygen atoms in total. The van der Waals surface area contributed by atoms with Gasteiger partial charge in [-0.3, -0.25) is 14.4 Å². The van der Waals surface area contributed by atoms with Crippen LogP contribution in [0.3, 0.4) is 0 Å². The number of nitrogens with one attached hydrogen (secondary N) is 1. The molecule has 2 amide bonds. The zero-order valence-corrected chi connectivity index (χ0v) is 24.5. The van der Waals surface area contributed by atoms with E-state index in [4.69, 9.17) is 4.98 Å². The summed E-state index contributed by atoms with van der Waals surface area (Å²) in [5, 5.41) is 11.5. The van der Waals surface area contributed by atoms with Crippen molar-refractivity contribution in [2.24, 2.45) is 0 Å². The minimum Gasteiger partial charge on any atom is -0.391 e. The Kier molecular flexibility index (Phi) is 8.29. The lowest BCUT2D eigenvalue weighted by atomic mass is 9.95. The van der Waals surface area contributed by atoms with Crippen LogP contribution < -0.4 is 10.5 Å². The molecule has 2 fully saturated rings. The van der Waals surface area contributed by atoms with Crippen LogP contribution in [0.2, 0.25) is 0 Å². The van der Waals surface area contributed by atoms with Gasteiger partial charge in [0.2, 0.25) is 5.91 Å². The Labute approximate surface area is 246 Å². The Balaban J connectivity index is 1.35. The normalized spacial score (nSPS) is 18.9. The smallest absolute Gasteiger partial charge is 0.261 e. The standard InChI is InChI=1S/C33H41N5O4/c1-22-11-12-24-18-25(31(34-29(24)17-22)37-14-4-8-26(39)21-37)20-38(16-6-15-36-13-5-10-30(36)40)33(42)27-19-23-7-2-3-9-28(23)35-32(27)41/h11-12,17-19,26,39H,2-10,13-16,20-21H2,1H3,(H,35,41). The minimum absolute atomic E-state index is 0.166. The fourth-order valence-corrected chi connectivity index (χ4v) is 6.70. The van der Waals surface area contributed by atoms with E-state index in [9.17, 15) is 19.5 Å². The van der Waals surface area contributed by atoms with Gasteiger partial charge in [-0.1, -0.05) is 12.1 Å². The number of H-pyrrole nitrogens is 1. The number of pyridine rings is 2. The fraction of sp³-hybridized carbons (Fsp3) is 0.515. The predicted octanol–water partition coefficient (Wildman–Crippen LogP) is 3.73. The van der Waals surface area contributed by atoms with Gasteiger partial charge in [-0.2, -0.15) is 0 Å². The summed E-state index contributed by atoms with van der Waals surface area (Å²) in [5.41, 5.74) is 4.72. The molecule has 2 saturated heterocycles. The van der Waals surface area contributed by atoms with Gasteiger partial charge in [0.05, 0.1) is 11.6 Å². The van der Waals surface area contributed by atoms with E-state index in [0.717, 1.165) is 97.1 Å². The number of aryl methyl sites for hydroxylation is 3. The Hall–Kier alpha value is -3.72. The molecule has 2 aromatic heterocycles.